The number of Topliss-reactive ketones (excluding diaryl/α,β-unsaturated/α-hetero) is 1. The highest BCUT2D eigenvalue weighted by molar-refractivity contribution is 6.15. The van der Waals surface area contributed by atoms with E-state index in [1.165, 1.54) is 6.92 Å². The van der Waals surface area contributed by atoms with E-state index in [2.05, 4.69) is 4.90 Å². The molecule has 1 N–H and O–H groups in total. The van der Waals surface area contributed by atoms with E-state index >= 15 is 0 Å². The Morgan fingerprint density at radius 2 is 1.50 bits per heavy atom. The molecule has 0 radical (unpaired) electrons. The van der Waals surface area contributed by atoms with E-state index in [1.54, 1.807) is 6.92 Å². The number of hydrogen-bond acceptors (Lipinski definition) is 4. The van der Waals surface area contributed by atoms with Gasteiger partial charge < -0.3 is 14.7 Å². The van der Waals surface area contributed by atoms with Crippen molar-refractivity contribution in [3.05, 3.63) is 83.1 Å². The predicted octanol–water partition coefficient (Wildman–Crippen LogP) is 3.54. The molecule has 1 aliphatic carbocycles. The lowest BCUT2D eigenvalue weighted by Gasteiger charge is -2.33. The van der Waals surface area contributed by atoms with Gasteiger partial charge in [-0.25, -0.2) is 0 Å². The number of rotatable bonds is 4. The number of hydrogen-bond donors (Lipinski definition) is 1. The maximum atomic E-state index is 12.8. The van der Waals surface area contributed by atoms with Gasteiger partial charge in [-0.15, -0.1) is 0 Å². The number of ether oxygens (including phenoxy) is 1. The SMILES string of the molecule is CC(=O)C1=C(c2ccccc2)C(N2CCOCC2)=C(c2ccccc2)C1(C)O. The molecule has 1 unspecified atom stereocenters. The molecule has 0 saturated carbocycles. The van der Waals surface area contributed by atoms with Crippen LogP contribution in [-0.4, -0.2) is 47.7 Å². The van der Waals surface area contributed by atoms with Crippen LogP contribution in [0.1, 0.15) is 25.0 Å². The summed E-state index contributed by atoms with van der Waals surface area (Å²) in [5.41, 5.74) is 3.53. The van der Waals surface area contributed by atoms with Crippen LogP contribution in [0.25, 0.3) is 11.1 Å². The number of carbonyl (C=O) groups is 1. The van der Waals surface area contributed by atoms with Crippen LogP contribution >= 0.6 is 0 Å². The molecule has 1 fully saturated rings. The first-order chi connectivity index (χ1) is 13.5. The monoisotopic (exact) mass is 375 g/mol. The van der Waals surface area contributed by atoms with Gasteiger partial charge in [0.15, 0.2) is 5.78 Å². The van der Waals surface area contributed by atoms with E-state index in [1.807, 2.05) is 60.7 Å². The van der Waals surface area contributed by atoms with E-state index < -0.39 is 5.60 Å². The Morgan fingerprint density at radius 1 is 0.964 bits per heavy atom. The van der Waals surface area contributed by atoms with Gasteiger partial charge in [0.2, 0.25) is 0 Å². The minimum Gasteiger partial charge on any atom is -0.380 e. The summed E-state index contributed by atoms with van der Waals surface area (Å²) < 4.78 is 5.56. The number of nitrogens with zero attached hydrogens (tertiary/aromatic N) is 1. The standard InChI is InChI=1S/C24H25NO3/c1-17(26)21-20(18-9-5-3-6-10-18)23(25-13-15-28-16-14-25)22(24(21,2)27)19-11-7-4-8-12-19/h3-12,27H,13-16H2,1-2H3. The molecule has 4 nitrogen and oxygen atoms in total. The fourth-order valence-corrected chi connectivity index (χ4v) is 4.37. The summed E-state index contributed by atoms with van der Waals surface area (Å²) in [6, 6.07) is 19.8. The fraction of sp³-hybridized carbons (Fsp3) is 0.292. The molecule has 1 heterocycles. The van der Waals surface area contributed by atoms with Gasteiger partial charge in [0.1, 0.15) is 5.60 Å². The van der Waals surface area contributed by atoms with Gasteiger partial charge in [-0.2, -0.15) is 0 Å². The van der Waals surface area contributed by atoms with Crippen molar-refractivity contribution in [2.75, 3.05) is 26.3 Å². The molecule has 144 valence electrons. The van der Waals surface area contributed by atoms with E-state index in [9.17, 15) is 9.90 Å². The van der Waals surface area contributed by atoms with Crippen LogP contribution in [0.15, 0.2) is 71.9 Å². The van der Waals surface area contributed by atoms with E-state index in [4.69, 9.17) is 4.74 Å². The average molecular weight is 375 g/mol. The number of allylic oxidation sites excluding steroid dienone is 1. The van der Waals surface area contributed by atoms with Gasteiger partial charge in [-0.05, 0) is 25.0 Å². The summed E-state index contributed by atoms with van der Waals surface area (Å²) in [4.78, 5) is 15.0. The van der Waals surface area contributed by atoms with Crippen molar-refractivity contribution < 1.29 is 14.6 Å². The molecule has 0 spiro atoms. The van der Waals surface area contributed by atoms with Crippen molar-refractivity contribution in [2.24, 2.45) is 0 Å². The number of ketones is 1. The van der Waals surface area contributed by atoms with Crippen molar-refractivity contribution in [3.63, 3.8) is 0 Å². The molecule has 4 heteroatoms. The third-order valence-electron chi connectivity index (χ3n) is 5.50. The summed E-state index contributed by atoms with van der Waals surface area (Å²) in [6.07, 6.45) is 0. The van der Waals surface area contributed by atoms with Crippen molar-refractivity contribution in [1.82, 2.24) is 4.90 Å². The summed E-state index contributed by atoms with van der Waals surface area (Å²) in [5.74, 6) is -0.111. The average Bonchev–Trinajstić information content (AvgIpc) is 2.97. The lowest BCUT2D eigenvalue weighted by molar-refractivity contribution is -0.114. The molecule has 0 aromatic heterocycles. The first kappa shape index (κ1) is 18.7. The van der Waals surface area contributed by atoms with Gasteiger partial charge >= 0.3 is 0 Å². The largest absolute Gasteiger partial charge is 0.380 e. The van der Waals surface area contributed by atoms with Crippen molar-refractivity contribution in [3.8, 4) is 0 Å². The molecule has 0 bridgehead atoms. The number of benzene rings is 2. The van der Waals surface area contributed by atoms with Crippen LogP contribution in [0.5, 0.6) is 0 Å². The highest BCUT2D eigenvalue weighted by Crippen LogP contribution is 2.50. The zero-order valence-corrected chi connectivity index (χ0v) is 16.3. The van der Waals surface area contributed by atoms with Gasteiger partial charge in [-0.1, -0.05) is 60.7 Å². The molecule has 1 aliphatic heterocycles. The molecule has 0 amide bonds. The van der Waals surface area contributed by atoms with Crippen LogP contribution in [0.2, 0.25) is 0 Å². The lowest BCUT2D eigenvalue weighted by Crippen LogP contribution is -2.36. The van der Waals surface area contributed by atoms with Crippen molar-refractivity contribution >= 4 is 16.9 Å². The van der Waals surface area contributed by atoms with E-state index in [0.29, 0.717) is 18.8 Å². The molecule has 1 saturated heterocycles. The quantitative estimate of drug-likeness (QED) is 0.888. The minimum absolute atomic E-state index is 0.111. The maximum absolute atomic E-state index is 12.8. The Balaban J connectivity index is 2.03. The third-order valence-corrected chi connectivity index (χ3v) is 5.50. The summed E-state index contributed by atoms with van der Waals surface area (Å²) in [7, 11) is 0. The van der Waals surface area contributed by atoms with Crippen LogP contribution in [0.3, 0.4) is 0 Å². The summed E-state index contributed by atoms with van der Waals surface area (Å²) in [5, 5.41) is 11.7. The van der Waals surface area contributed by atoms with Crippen molar-refractivity contribution in [2.45, 2.75) is 19.4 Å². The summed E-state index contributed by atoms with van der Waals surface area (Å²) >= 11 is 0. The Hall–Kier alpha value is -2.69. The second-order valence-electron chi connectivity index (χ2n) is 7.43. The second kappa shape index (κ2) is 7.38. The third kappa shape index (κ3) is 3.09. The smallest absolute Gasteiger partial charge is 0.159 e. The molecule has 4 rings (SSSR count). The van der Waals surface area contributed by atoms with Gasteiger partial charge in [-0.3, -0.25) is 4.79 Å². The fourth-order valence-electron chi connectivity index (χ4n) is 4.37. The molecule has 28 heavy (non-hydrogen) atoms. The van der Waals surface area contributed by atoms with Crippen LogP contribution < -0.4 is 0 Å². The molecule has 1 atom stereocenters. The van der Waals surface area contributed by atoms with Gasteiger partial charge in [0.05, 0.1) is 18.9 Å². The Kier molecular flexibility index (Phi) is 4.92. The van der Waals surface area contributed by atoms with Gasteiger partial charge in [0, 0.05) is 29.8 Å². The molecule has 2 aliphatic rings. The molecular weight excluding hydrogens is 350 g/mol. The summed E-state index contributed by atoms with van der Waals surface area (Å²) in [6.45, 7) is 5.99. The number of aliphatic hydroxyl groups is 1. The zero-order chi connectivity index (χ0) is 19.7. The molecule has 2 aromatic rings. The van der Waals surface area contributed by atoms with Crippen LogP contribution in [0.4, 0.5) is 0 Å². The molecular formula is C24H25NO3. The highest BCUT2D eigenvalue weighted by Gasteiger charge is 2.46. The predicted molar refractivity (Wildman–Crippen MR) is 110 cm³/mol. The maximum Gasteiger partial charge on any atom is 0.159 e. The first-order valence-corrected chi connectivity index (χ1v) is 9.68. The molecule has 2 aromatic carbocycles. The van der Waals surface area contributed by atoms with E-state index in [0.717, 1.165) is 41.1 Å². The normalized spacial score (nSPS) is 22.8. The zero-order valence-electron chi connectivity index (χ0n) is 16.3. The topological polar surface area (TPSA) is 49.8 Å². The Labute approximate surface area is 165 Å². The van der Waals surface area contributed by atoms with Gasteiger partial charge in [0.25, 0.3) is 0 Å². The van der Waals surface area contributed by atoms with Crippen molar-refractivity contribution in [1.29, 1.82) is 0 Å². The Morgan fingerprint density at radius 3 is 2.04 bits per heavy atom. The van der Waals surface area contributed by atoms with E-state index in [-0.39, 0.29) is 5.78 Å². The number of carbonyl (C=O) groups excluding carboxylic acids is 1. The lowest BCUT2D eigenvalue weighted by atomic mass is 9.85. The highest BCUT2D eigenvalue weighted by atomic mass is 16.5. The number of morpholine rings is 1. The second-order valence-corrected chi connectivity index (χ2v) is 7.43. The first-order valence-electron chi connectivity index (χ1n) is 9.68. The van der Waals surface area contributed by atoms with Crippen LogP contribution in [0, 0.1) is 0 Å². The van der Waals surface area contributed by atoms with Crippen LogP contribution in [-0.2, 0) is 9.53 Å². The Bertz CT molecular complexity index is 936. The minimum atomic E-state index is -1.37.